The Labute approximate surface area is 187 Å². The third kappa shape index (κ3) is 5.77. The summed E-state index contributed by atoms with van der Waals surface area (Å²) in [6.07, 6.45) is 1.31. The molecule has 0 aliphatic carbocycles. The number of hydrogen-bond donors (Lipinski definition) is 1. The van der Waals surface area contributed by atoms with Crippen LogP contribution in [0.15, 0.2) is 35.0 Å². The van der Waals surface area contributed by atoms with E-state index in [1.807, 2.05) is 14.1 Å². The van der Waals surface area contributed by atoms with Crippen molar-refractivity contribution in [3.05, 3.63) is 46.2 Å². The summed E-state index contributed by atoms with van der Waals surface area (Å²) in [6, 6.07) is 7.43. The van der Waals surface area contributed by atoms with Gasteiger partial charge in [-0.2, -0.15) is 11.3 Å². The maximum Gasteiger partial charge on any atom is 0.254 e. The fourth-order valence-corrected chi connectivity index (χ4v) is 4.57. The molecule has 1 atom stereocenters. The first-order valence-corrected chi connectivity index (χ1v) is 11.4. The Kier molecular flexibility index (Phi) is 7.92. The number of likely N-dealkylation sites (N-methyl/N-ethyl adjacent to an activating group) is 1. The highest BCUT2D eigenvalue weighted by molar-refractivity contribution is 7.07. The van der Waals surface area contributed by atoms with Gasteiger partial charge in [0.2, 0.25) is 5.91 Å². The van der Waals surface area contributed by atoms with Crippen molar-refractivity contribution in [2.24, 2.45) is 5.92 Å². The highest BCUT2D eigenvalue weighted by Gasteiger charge is 2.29. The van der Waals surface area contributed by atoms with Gasteiger partial charge in [0.15, 0.2) is 0 Å². The number of benzene rings is 1. The summed E-state index contributed by atoms with van der Waals surface area (Å²) >= 11 is 1.66. The summed E-state index contributed by atoms with van der Waals surface area (Å²) in [6.45, 7) is 1.68. The minimum atomic E-state index is -0.0748. The van der Waals surface area contributed by atoms with Crippen molar-refractivity contribution in [2.45, 2.75) is 18.9 Å². The van der Waals surface area contributed by atoms with Crippen molar-refractivity contribution in [3.8, 4) is 11.5 Å². The molecular weight excluding hydrogens is 414 g/mol. The van der Waals surface area contributed by atoms with Crippen LogP contribution in [0.25, 0.3) is 0 Å². The summed E-state index contributed by atoms with van der Waals surface area (Å²) in [7, 11) is 7.16. The zero-order valence-corrected chi connectivity index (χ0v) is 19.4. The van der Waals surface area contributed by atoms with Crippen LogP contribution < -0.4 is 14.8 Å². The molecule has 31 heavy (non-hydrogen) atoms. The molecule has 2 aromatic rings. The molecule has 168 valence electrons. The third-order valence-electron chi connectivity index (χ3n) is 5.77. The Morgan fingerprint density at radius 1 is 1.16 bits per heavy atom. The third-order valence-corrected chi connectivity index (χ3v) is 6.47. The standard InChI is InChI=1S/C23H31N3O4S/c1-25(2)21(17-7-10-31-15-17)14-24-22(27)16-5-8-26(9-6-16)23(28)18-11-19(29-3)13-20(12-18)30-4/h7,10-13,15-16,21H,5-6,8-9,14H2,1-4H3,(H,24,27)/t21-/m0/s1. The number of carbonyl (C=O) groups is 2. The van der Waals surface area contributed by atoms with Gasteiger partial charge in [-0.3, -0.25) is 9.59 Å². The van der Waals surface area contributed by atoms with E-state index >= 15 is 0 Å². The predicted molar refractivity (Wildman–Crippen MR) is 122 cm³/mol. The second kappa shape index (κ2) is 10.6. The number of methoxy groups -OCH3 is 2. The van der Waals surface area contributed by atoms with Crippen molar-refractivity contribution >= 4 is 23.2 Å². The van der Waals surface area contributed by atoms with Gasteiger partial charge in [0, 0.05) is 37.2 Å². The summed E-state index contributed by atoms with van der Waals surface area (Å²) in [5.74, 6) is 1.09. The Hall–Kier alpha value is -2.58. The monoisotopic (exact) mass is 445 g/mol. The molecule has 0 saturated carbocycles. The molecule has 0 bridgehead atoms. The van der Waals surface area contributed by atoms with Crippen molar-refractivity contribution in [1.82, 2.24) is 15.1 Å². The van der Waals surface area contributed by atoms with Gasteiger partial charge in [-0.15, -0.1) is 0 Å². The highest BCUT2D eigenvalue weighted by atomic mass is 32.1. The summed E-state index contributed by atoms with van der Waals surface area (Å²) in [4.78, 5) is 29.6. The first kappa shape index (κ1) is 23.1. The topological polar surface area (TPSA) is 71.1 Å². The van der Waals surface area contributed by atoms with E-state index in [2.05, 4.69) is 27.0 Å². The van der Waals surface area contributed by atoms with Crippen LogP contribution in [0, 0.1) is 5.92 Å². The lowest BCUT2D eigenvalue weighted by Crippen LogP contribution is -2.44. The van der Waals surface area contributed by atoms with Crippen molar-refractivity contribution in [2.75, 3.05) is 47.9 Å². The molecule has 1 aromatic heterocycles. The molecule has 2 amide bonds. The number of amides is 2. The Bertz CT molecular complexity index is 855. The average molecular weight is 446 g/mol. The van der Waals surface area contributed by atoms with E-state index in [9.17, 15) is 9.59 Å². The maximum atomic E-state index is 12.9. The molecule has 2 heterocycles. The number of rotatable bonds is 8. The van der Waals surface area contributed by atoms with Gasteiger partial charge >= 0.3 is 0 Å². The summed E-state index contributed by atoms with van der Waals surface area (Å²) in [5, 5.41) is 7.29. The van der Waals surface area contributed by atoms with Crippen LogP contribution in [0.2, 0.25) is 0 Å². The van der Waals surface area contributed by atoms with Gasteiger partial charge in [0.1, 0.15) is 11.5 Å². The zero-order chi connectivity index (χ0) is 22.4. The van der Waals surface area contributed by atoms with E-state index in [0.717, 1.165) is 0 Å². The van der Waals surface area contributed by atoms with Gasteiger partial charge in [0.25, 0.3) is 5.91 Å². The first-order chi connectivity index (χ1) is 14.9. The molecule has 8 heteroatoms. The molecule has 1 fully saturated rings. The lowest BCUT2D eigenvalue weighted by atomic mass is 9.95. The number of hydrogen-bond acceptors (Lipinski definition) is 6. The normalized spacial score (nSPS) is 15.6. The second-order valence-electron chi connectivity index (χ2n) is 7.95. The number of ether oxygens (including phenoxy) is 2. The molecule has 1 aliphatic heterocycles. The van der Waals surface area contributed by atoms with Crippen LogP contribution in [0.1, 0.15) is 34.8 Å². The van der Waals surface area contributed by atoms with Crippen molar-refractivity contribution < 1.29 is 19.1 Å². The number of carbonyl (C=O) groups excluding carboxylic acids is 2. The van der Waals surface area contributed by atoms with E-state index in [4.69, 9.17) is 9.47 Å². The second-order valence-corrected chi connectivity index (χ2v) is 8.73. The Morgan fingerprint density at radius 2 is 1.81 bits per heavy atom. The van der Waals surface area contributed by atoms with Gasteiger partial charge in [-0.1, -0.05) is 0 Å². The Balaban J connectivity index is 1.54. The van der Waals surface area contributed by atoms with Gasteiger partial charge in [-0.25, -0.2) is 0 Å². The zero-order valence-electron chi connectivity index (χ0n) is 18.6. The van der Waals surface area contributed by atoms with Crippen LogP contribution in [0.4, 0.5) is 0 Å². The molecule has 7 nitrogen and oxygen atoms in total. The highest BCUT2D eigenvalue weighted by Crippen LogP contribution is 2.26. The molecule has 1 aliphatic rings. The fourth-order valence-electron chi connectivity index (χ4n) is 3.86. The SMILES string of the molecule is COc1cc(OC)cc(C(=O)N2CCC(C(=O)NC[C@@H](c3ccsc3)N(C)C)CC2)c1. The smallest absolute Gasteiger partial charge is 0.254 e. The molecule has 3 rings (SSSR count). The van der Waals surface area contributed by atoms with Crippen LogP contribution in [-0.4, -0.2) is 69.6 Å². The lowest BCUT2D eigenvalue weighted by molar-refractivity contribution is -0.126. The van der Waals surface area contributed by atoms with Crippen LogP contribution in [0.5, 0.6) is 11.5 Å². The van der Waals surface area contributed by atoms with E-state index < -0.39 is 0 Å². The maximum absolute atomic E-state index is 12.9. The van der Waals surface area contributed by atoms with Gasteiger partial charge in [-0.05, 0) is 61.5 Å². The summed E-state index contributed by atoms with van der Waals surface area (Å²) < 4.78 is 10.5. The van der Waals surface area contributed by atoms with E-state index in [-0.39, 0.29) is 23.8 Å². The molecular formula is C23H31N3O4S. The Morgan fingerprint density at radius 3 is 2.32 bits per heavy atom. The van der Waals surface area contributed by atoms with Crippen LogP contribution in [0.3, 0.4) is 0 Å². The lowest BCUT2D eigenvalue weighted by Gasteiger charge is -2.32. The molecule has 0 radical (unpaired) electrons. The molecule has 1 saturated heterocycles. The predicted octanol–water partition coefficient (Wildman–Crippen LogP) is 3.04. The largest absolute Gasteiger partial charge is 0.497 e. The van der Waals surface area contributed by atoms with Crippen LogP contribution >= 0.6 is 11.3 Å². The van der Waals surface area contributed by atoms with Crippen LogP contribution in [-0.2, 0) is 4.79 Å². The van der Waals surface area contributed by atoms with E-state index in [0.29, 0.717) is 49.5 Å². The number of thiophene rings is 1. The van der Waals surface area contributed by atoms with E-state index in [1.54, 1.807) is 48.7 Å². The van der Waals surface area contributed by atoms with Crippen molar-refractivity contribution in [3.63, 3.8) is 0 Å². The van der Waals surface area contributed by atoms with E-state index in [1.165, 1.54) is 5.56 Å². The molecule has 1 aromatic carbocycles. The van der Waals surface area contributed by atoms with Crippen molar-refractivity contribution in [1.29, 1.82) is 0 Å². The summed E-state index contributed by atoms with van der Waals surface area (Å²) in [5.41, 5.74) is 1.74. The average Bonchev–Trinajstić information content (AvgIpc) is 3.32. The van der Waals surface area contributed by atoms with Gasteiger partial charge in [0.05, 0.1) is 20.3 Å². The quantitative estimate of drug-likeness (QED) is 0.676. The molecule has 0 spiro atoms. The molecule has 1 N–H and O–H groups in total. The van der Waals surface area contributed by atoms with Gasteiger partial charge < -0.3 is 24.6 Å². The number of piperidine rings is 1. The minimum Gasteiger partial charge on any atom is -0.497 e. The molecule has 0 unspecified atom stereocenters. The number of likely N-dealkylation sites (tertiary alicyclic amines) is 1. The first-order valence-electron chi connectivity index (χ1n) is 10.4. The minimum absolute atomic E-state index is 0.0669. The number of nitrogens with zero attached hydrogens (tertiary/aromatic N) is 2. The number of nitrogens with one attached hydrogen (secondary N) is 1. The fraction of sp³-hybridized carbons (Fsp3) is 0.478.